The fourth-order valence-electron chi connectivity index (χ4n) is 2.13. The zero-order valence-electron chi connectivity index (χ0n) is 11.3. The predicted molar refractivity (Wildman–Crippen MR) is 77.4 cm³/mol. The second kappa shape index (κ2) is 6.90. The van der Waals surface area contributed by atoms with Crippen LogP contribution in [0.3, 0.4) is 0 Å². The fourth-order valence-corrected chi connectivity index (χ4v) is 2.43. The molecule has 110 valence electrons. The first-order chi connectivity index (χ1) is 9.56. The van der Waals surface area contributed by atoms with Crippen molar-refractivity contribution >= 4 is 27.7 Å². The normalized spacial score (nSPS) is 18.0. The van der Waals surface area contributed by atoms with Gasteiger partial charge in [-0.25, -0.2) is 0 Å². The van der Waals surface area contributed by atoms with Crippen LogP contribution in [0.25, 0.3) is 0 Å². The number of rotatable bonds is 5. The van der Waals surface area contributed by atoms with Gasteiger partial charge in [-0.05, 0) is 47.4 Å². The van der Waals surface area contributed by atoms with Crippen LogP contribution >= 0.6 is 15.9 Å². The lowest BCUT2D eigenvalue weighted by Crippen LogP contribution is -2.42. The number of amides is 2. The Balaban J connectivity index is 1.76. The van der Waals surface area contributed by atoms with Crippen LogP contribution < -0.4 is 10.6 Å². The van der Waals surface area contributed by atoms with E-state index in [9.17, 15) is 9.59 Å². The first-order valence-corrected chi connectivity index (χ1v) is 7.36. The molecular weight excluding hydrogens is 326 g/mol. The van der Waals surface area contributed by atoms with E-state index in [1.165, 1.54) is 4.90 Å². The van der Waals surface area contributed by atoms with Gasteiger partial charge in [0, 0.05) is 19.6 Å². The second-order valence-corrected chi connectivity index (χ2v) is 5.64. The number of halogens is 1. The number of hydrogen-bond acceptors (Lipinski definition) is 4. The minimum absolute atomic E-state index is 0.0177. The zero-order valence-corrected chi connectivity index (χ0v) is 12.9. The Kier molecular flexibility index (Phi) is 5.19. The lowest BCUT2D eigenvalue weighted by molar-refractivity contribution is -0.121. The van der Waals surface area contributed by atoms with E-state index in [4.69, 9.17) is 4.42 Å². The minimum atomic E-state index is -0.315. The summed E-state index contributed by atoms with van der Waals surface area (Å²) in [5.74, 6) is -0.269. The largest absolute Gasteiger partial charge is 0.444 e. The molecule has 6 nitrogen and oxygen atoms in total. The highest BCUT2D eigenvalue weighted by atomic mass is 79.9. The molecule has 1 aliphatic heterocycles. The standard InChI is InChI=1S/C13H18BrN3O3/c1-17(13(19)10-4-5-11(14)20-10)8-12(18)16-7-9-3-2-6-15-9/h4-5,9,15H,2-3,6-8H2,1H3,(H,16,18). The molecule has 20 heavy (non-hydrogen) atoms. The molecule has 1 saturated heterocycles. The van der Waals surface area contributed by atoms with E-state index in [0.29, 0.717) is 17.3 Å². The maximum absolute atomic E-state index is 12.0. The minimum Gasteiger partial charge on any atom is -0.444 e. The molecule has 0 spiro atoms. The Morgan fingerprint density at radius 3 is 2.95 bits per heavy atom. The molecule has 0 aromatic carbocycles. The first-order valence-electron chi connectivity index (χ1n) is 6.57. The van der Waals surface area contributed by atoms with Crippen LogP contribution in [-0.2, 0) is 4.79 Å². The lowest BCUT2D eigenvalue weighted by Gasteiger charge is -2.17. The molecule has 0 aliphatic carbocycles. The number of carbonyl (C=O) groups is 2. The lowest BCUT2D eigenvalue weighted by atomic mass is 10.2. The van der Waals surface area contributed by atoms with Crippen molar-refractivity contribution in [3.63, 3.8) is 0 Å². The van der Waals surface area contributed by atoms with Crippen LogP contribution in [0.1, 0.15) is 23.4 Å². The van der Waals surface area contributed by atoms with Crippen molar-refractivity contribution in [1.82, 2.24) is 15.5 Å². The second-order valence-electron chi connectivity index (χ2n) is 4.86. The molecule has 1 aliphatic rings. The molecule has 0 bridgehead atoms. The monoisotopic (exact) mass is 343 g/mol. The molecule has 1 atom stereocenters. The van der Waals surface area contributed by atoms with Crippen molar-refractivity contribution in [2.45, 2.75) is 18.9 Å². The molecule has 2 rings (SSSR count). The van der Waals surface area contributed by atoms with Gasteiger partial charge in [0.25, 0.3) is 5.91 Å². The van der Waals surface area contributed by atoms with Crippen molar-refractivity contribution in [1.29, 1.82) is 0 Å². The molecule has 1 unspecified atom stereocenters. The van der Waals surface area contributed by atoms with Gasteiger partial charge in [0.2, 0.25) is 5.91 Å². The van der Waals surface area contributed by atoms with Crippen LogP contribution in [0.15, 0.2) is 21.2 Å². The summed E-state index contributed by atoms with van der Waals surface area (Å²) in [5.41, 5.74) is 0. The Morgan fingerprint density at radius 1 is 1.55 bits per heavy atom. The molecule has 0 radical (unpaired) electrons. The molecule has 2 heterocycles. The van der Waals surface area contributed by atoms with Crippen molar-refractivity contribution in [2.75, 3.05) is 26.7 Å². The van der Waals surface area contributed by atoms with E-state index in [1.54, 1.807) is 19.2 Å². The van der Waals surface area contributed by atoms with Gasteiger partial charge >= 0.3 is 0 Å². The molecule has 7 heteroatoms. The van der Waals surface area contributed by atoms with E-state index in [-0.39, 0.29) is 24.1 Å². The van der Waals surface area contributed by atoms with Crippen LogP contribution in [0.2, 0.25) is 0 Å². The highest BCUT2D eigenvalue weighted by Gasteiger charge is 2.19. The number of nitrogens with zero attached hydrogens (tertiary/aromatic N) is 1. The van der Waals surface area contributed by atoms with Crippen LogP contribution in [0, 0.1) is 0 Å². The molecule has 1 aromatic heterocycles. The molecule has 2 amide bonds. The summed E-state index contributed by atoms with van der Waals surface area (Å²) in [6.45, 7) is 1.63. The average molecular weight is 344 g/mol. The van der Waals surface area contributed by atoms with E-state index < -0.39 is 0 Å². The zero-order chi connectivity index (χ0) is 14.5. The summed E-state index contributed by atoms with van der Waals surface area (Å²) in [6.07, 6.45) is 2.22. The fraction of sp³-hybridized carbons (Fsp3) is 0.538. The summed E-state index contributed by atoms with van der Waals surface area (Å²) >= 11 is 3.14. The highest BCUT2D eigenvalue weighted by Crippen LogP contribution is 2.15. The quantitative estimate of drug-likeness (QED) is 0.835. The maximum Gasteiger partial charge on any atom is 0.289 e. The Labute approximate surface area is 126 Å². The third-order valence-electron chi connectivity index (χ3n) is 3.22. The Morgan fingerprint density at radius 2 is 2.35 bits per heavy atom. The number of nitrogens with one attached hydrogen (secondary N) is 2. The predicted octanol–water partition coefficient (Wildman–Crippen LogP) is 0.982. The van der Waals surface area contributed by atoms with Gasteiger partial charge in [0.05, 0.1) is 6.54 Å². The van der Waals surface area contributed by atoms with Gasteiger partial charge in [0.15, 0.2) is 10.4 Å². The van der Waals surface area contributed by atoms with Gasteiger partial charge in [-0.15, -0.1) is 0 Å². The third-order valence-corrected chi connectivity index (χ3v) is 3.65. The van der Waals surface area contributed by atoms with Crippen LogP contribution in [0.5, 0.6) is 0 Å². The number of hydrogen-bond donors (Lipinski definition) is 2. The van der Waals surface area contributed by atoms with Gasteiger partial charge in [-0.3, -0.25) is 9.59 Å². The summed E-state index contributed by atoms with van der Waals surface area (Å²) in [7, 11) is 1.58. The Bertz CT molecular complexity index is 483. The van der Waals surface area contributed by atoms with Crippen molar-refractivity contribution in [3.8, 4) is 0 Å². The van der Waals surface area contributed by atoms with Gasteiger partial charge < -0.3 is 20.0 Å². The summed E-state index contributed by atoms with van der Waals surface area (Å²) in [5, 5.41) is 6.13. The summed E-state index contributed by atoms with van der Waals surface area (Å²) in [4.78, 5) is 25.1. The Hall–Kier alpha value is -1.34. The van der Waals surface area contributed by atoms with Crippen molar-refractivity contribution < 1.29 is 14.0 Å². The first kappa shape index (κ1) is 15.1. The molecule has 1 fully saturated rings. The maximum atomic E-state index is 12.0. The van der Waals surface area contributed by atoms with Crippen LogP contribution in [0.4, 0.5) is 0 Å². The topological polar surface area (TPSA) is 74.6 Å². The van der Waals surface area contributed by atoms with Gasteiger partial charge in [-0.2, -0.15) is 0 Å². The molecule has 1 aromatic rings. The summed E-state index contributed by atoms with van der Waals surface area (Å²) in [6, 6.07) is 3.57. The van der Waals surface area contributed by atoms with E-state index in [0.717, 1.165) is 19.4 Å². The number of likely N-dealkylation sites (N-methyl/N-ethyl adjacent to an activating group) is 1. The van der Waals surface area contributed by atoms with Gasteiger partial charge in [-0.1, -0.05) is 0 Å². The van der Waals surface area contributed by atoms with E-state index in [2.05, 4.69) is 26.6 Å². The molecule has 2 N–H and O–H groups in total. The van der Waals surface area contributed by atoms with Gasteiger partial charge in [0.1, 0.15) is 0 Å². The molecular formula is C13H18BrN3O3. The van der Waals surface area contributed by atoms with Crippen molar-refractivity contribution in [2.24, 2.45) is 0 Å². The third kappa shape index (κ3) is 4.08. The number of carbonyl (C=O) groups excluding carboxylic acids is 2. The number of furan rings is 1. The van der Waals surface area contributed by atoms with E-state index in [1.807, 2.05) is 0 Å². The smallest absolute Gasteiger partial charge is 0.289 e. The average Bonchev–Trinajstić information content (AvgIpc) is 3.06. The van der Waals surface area contributed by atoms with Crippen LogP contribution in [-0.4, -0.2) is 49.4 Å². The van der Waals surface area contributed by atoms with E-state index >= 15 is 0 Å². The van der Waals surface area contributed by atoms with Crippen molar-refractivity contribution in [3.05, 3.63) is 22.6 Å². The highest BCUT2D eigenvalue weighted by molar-refractivity contribution is 9.10. The molecule has 0 saturated carbocycles. The summed E-state index contributed by atoms with van der Waals surface area (Å²) < 4.78 is 5.66. The SMILES string of the molecule is CN(CC(=O)NCC1CCCN1)C(=O)c1ccc(Br)o1.